The molecular weight excluding hydrogens is 282 g/mol. The summed E-state index contributed by atoms with van der Waals surface area (Å²) in [6.45, 7) is 2.06. The fraction of sp³-hybridized carbons (Fsp3) is 0.333. The molecule has 0 fully saturated rings. The lowest BCUT2D eigenvalue weighted by molar-refractivity contribution is 0.413. The highest BCUT2D eigenvalue weighted by molar-refractivity contribution is 6.31. The van der Waals surface area contributed by atoms with Crippen LogP contribution in [0, 0.1) is 6.92 Å². The summed E-state index contributed by atoms with van der Waals surface area (Å²) in [7, 11) is 1.72. The van der Waals surface area contributed by atoms with Gasteiger partial charge in [0.1, 0.15) is 5.75 Å². The number of nitrogens with one attached hydrogen (secondary N) is 1. The van der Waals surface area contributed by atoms with Gasteiger partial charge in [-0.3, -0.25) is 0 Å². The van der Waals surface area contributed by atoms with Crippen LogP contribution in [-0.2, 0) is 6.42 Å². The van der Waals surface area contributed by atoms with Crippen molar-refractivity contribution >= 4 is 17.3 Å². The summed E-state index contributed by atoms with van der Waals surface area (Å²) in [5, 5.41) is 4.47. The van der Waals surface area contributed by atoms with Gasteiger partial charge in [0.05, 0.1) is 13.2 Å². The van der Waals surface area contributed by atoms with E-state index in [1.54, 1.807) is 7.11 Å². The van der Waals surface area contributed by atoms with Crippen LogP contribution in [0.4, 0.5) is 5.69 Å². The maximum Gasteiger partial charge on any atom is 0.119 e. The Kier molecular flexibility index (Phi) is 4.07. The maximum atomic E-state index is 6.21. The van der Waals surface area contributed by atoms with Gasteiger partial charge in [0.25, 0.3) is 0 Å². The van der Waals surface area contributed by atoms with Crippen molar-refractivity contribution in [2.45, 2.75) is 32.2 Å². The molecule has 2 nitrogen and oxygen atoms in total. The van der Waals surface area contributed by atoms with E-state index in [1.807, 2.05) is 18.2 Å². The van der Waals surface area contributed by atoms with Gasteiger partial charge in [-0.05, 0) is 67.1 Å². The zero-order valence-corrected chi connectivity index (χ0v) is 13.2. The molecule has 1 N–H and O–H groups in total. The molecule has 3 heteroatoms. The molecule has 0 spiro atoms. The SMILES string of the molecule is COc1ccc2c(c1)CCCC2Nc1cccc(Cl)c1C. The minimum Gasteiger partial charge on any atom is -0.497 e. The van der Waals surface area contributed by atoms with Gasteiger partial charge in [0.15, 0.2) is 0 Å². The molecule has 2 aromatic rings. The summed E-state index contributed by atoms with van der Waals surface area (Å²) in [5.74, 6) is 0.938. The van der Waals surface area contributed by atoms with Crippen molar-refractivity contribution in [3.05, 3.63) is 58.1 Å². The number of hydrogen-bond acceptors (Lipinski definition) is 2. The molecule has 1 aliphatic carbocycles. The van der Waals surface area contributed by atoms with Crippen LogP contribution in [0.5, 0.6) is 5.75 Å². The van der Waals surface area contributed by atoms with Crippen LogP contribution in [0.15, 0.2) is 36.4 Å². The largest absolute Gasteiger partial charge is 0.497 e. The predicted molar refractivity (Wildman–Crippen MR) is 88.5 cm³/mol. The van der Waals surface area contributed by atoms with E-state index in [0.717, 1.165) is 34.9 Å². The molecule has 0 radical (unpaired) electrons. The summed E-state index contributed by atoms with van der Waals surface area (Å²) in [6, 6.07) is 12.8. The average molecular weight is 302 g/mol. The van der Waals surface area contributed by atoms with Crippen molar-refractivity contribution in [3.8, 4) is 5.75 Å². The number of rotatable bonds is 3. The van der Waals surface area contributed by atoms with Gasteiger partial charge in [0, 0.05) is 10.7 Å². The highest BCUT2D eigenvalue weighted by Crippen LogP contribution is 2.35. The smallest absolute Gasteiger partial charge is 0.119 e. The fourth-order valence-electron chi connectivity index (χ4n) is 3.02. The summed E-state index contributed by atoms with van der Waals surface area (Å²) in [5.41, 5.74) is 5.00. The van der Waals surface area contributed by atoms with Crippen LogP contribution in [0.2, 0.25) is 5.02 Å². The van der Waals surface area contributed by atoms with E-state index < -0.39 is 0 Å². The van der Waals surface area contributed by atoms with Crippen molar-refractivity contribution in [1.82, 2.24) is 0 Å². The topological polar surface area (TPSA) is 21.3 Å². The van der Waals surface area contributed by atoms with Crippen LogP contribution < -0.4 is 10.1 Å². The molecule has 1 aliphatic rings. The molecule has 1 atom stereocenters. The molecule has 0 aliphatic heterocycles. The highest BCUT2D eigenvalue weighted by atomic mass is 35.5. The second kappa shape index (κ2) is 5.98. The number of benzene rings is 2. The van der Waals surface area contributed by atoms with Gasteiger partial charge >= 0.3 is 0 Å². The lowest BCUT2D eigenvalue weighted by Gasteiger charge is -2.28. The summed E-state index contributed by atoms with van der Waals surface area (Å²) < 4.78 is 5.33. The lowest BCUT2D eigenvalue weighted by atomic mass is 9.87. The highest BCUT2D eigenvalue weighted by Gasteiger charge is 2.21. The van der Waals surface area contributed by atoms with E-state index >= 15 is 0 Å². The molecule has 0 heterocycles. The van der Waals surface area contributed by atoms with Gasteiger partial charge in [-0.25, -0.2) is 0 Å². The van der Waals surface area contributed by atoms with Gasteiger partial charge < -0.3 is 10.1 Å². The number of anilines is 1. The van der Waals surface area contributed by atoms with E-state index in [9.17, 15) is 0 Å². The second-order valence-corrected chi connectivity index (χ2v) is 5.97. The van der Waals surface area contributed by atoms with E-state index in [1.165, 1.54) is 17.5 Å². The number of methoxy groups -OCH3 is 1. The van der Waals surface area contributed by atoms with Crippen LogP contribution in [0.1, 0.15) is 35.6 Å². The van der Waals surface area contributed by atoms with Crippen molar-refractivity contribution in [2.24, 2.45) is 0 Å². The first-order chi connectivity index (χ1) is 10.2. The van der Waals surface area contributed by atoms with E-state index in [0.29, 0.717) is 6.04 Å². The standard InChI is InChI=1S/C18H20ClNO/c1-12-16(19)6-4-7-17(12)20-18-8-3-5-13-11-14(21-2)9-10-15(13)18/h4,6-7,9-11,18,20H,3,5,8H2,1-2H3. The molecular formula is C18H20ClNO. The summed E-state index contributed by atoms with van der Waals surface area (Å²) >= 11 is 6.21. The summed E-state index contributed by atoms with van der Waals surface area (Å²) in [4.78, 5) is 0. The van der Waals surface area contributed by atoms with Crippen LogP contribution in [0.25, 0.3) is 0 Å². The van der Waals surface area contributed by atoms with Gasteiger partial charge in [-0.2, -0.15) is 0 Å². The zero-order chi connectivity index (χ0) is 14.8. The third kappa shape index (κ3) is 2.86. The molecule has 0 saturated heterocycles. The molecule has 2 aromatic carbocycles. The Balaban J connectivity index is 1.90. The molecule has 0 bridgehead atoms. The average Bonchev–Trinajstić information content (AvgIpc) is 2.51. The van der Waals surface area contributed by atoms with E-state index in [4.69, 9.17) is 16.3 Å². The van der Waals surface area contributed by atoms with E-state index in [2.05, 4.69) is 30.4 Å². The monoisotopic (exact) mass is 301 g/mol. The summed E-state index contributed by atoms with van der Waals surface area (Å²) in [6.07, 6.45) is 3.46. The minimum absolute atomic E-state index is 0.344. The minimum atomic E-state index is 0.344. The number of ether oxygens (including phenoxy) is 1. The molecule has 0 saturated carbocycles. The molecule has 21 heavy (non-hydrogen) atoms. The maximum absolute atomic E-state index is 6.21. The predicted octanol–water partition coefficient (Wildman–Crippen LogP) is 5.15. The first-order valence-corrected chi connectivity index (χ1v) is 7.75. The molecule has 110 valence electrons. The Bertz CT molecular complexity index is 654. The third-order valence-corrected chi connectivity index (χ3v) is 4.67. The Morgan fingerprint density at radius 2 is 2.10 bits per heavy atom. The normalized spacial score (nSPS) is 17.2. The van der Waals surface area contributed by atoms with Crippen molar-refractivity contribution in [1.29, 1.82) is 0 Å². The molecule has 0 aromatic heterocycles. The van der Waals surface area contributed by atoms with Gasteiger partial charge in [-0.15, -0.1) is 0 Å². The van der Waals surface area contributed by atoms with Crippen LogP contribution in [0.3, 0.4) is 0 Å². The Hall–Kier alpha value is -1.67. The quantitative estimate of drug-likeness (QED) is 0.847. The fourth-order valence-corrected chi connectivity index (χ4v) is 3.19. The molecule has 0 amide bonds. The van der Waals surface area contributed by atoms with Crippen molar-refractivity contribution in [2.75, 3.05) is 12.4 Å². The third-order valence-electron chi connectivity index (χ3n) is 4.26. The number of aryl methyl sites for hydroxylation is 1. The van der Waals surface area contributed by atoms with Crippen molar-refractivity contribution < 1.29 is 4.74 Å². The first kappa shape index (κ1) is 14.3. The van der Waals surface area contributed by atoms with Crippen LogP contribution >= 0.6 is 11.6 Å². The molecule has 1 unspecified atom stereocenters. The Morgan fingerprint density at radius 1 is 1.24 bits per heavy atom. The zero-order valence-electron chi connectivity index (χ0n) is 12.4. The van der Waals surface area contributed by atoms with Gasteiger partial charge in [0.2, 0.25) is 0 Å². The van der Waals surface area contributed by atoms with Crippen LogP contribution in [-0.4, -0.2) is 7.11 Å². The lowest BCUT2D eigenvalue weighted by Crippen LogP contribution is -2.18. The Morgan fingerprint density at radius 3 is 2.90 bits per heavy atom. The van der Waals surface area contributed by atoms with Gasteiger partial charge in [-0.1, -0.05) is 23.7 Å². The number of fused-ring (bicyclic) bond motifs is 1. The number of hydrogen-bond donors (Lipinski definition) is 1. The second-order valence-electron chi connectivity index (χ2n) is 5.57. The van der Waals surface area contributed by atoms with Crippen molar-refractivity contribution in [3.63, 3.8) is 0 Å². The first-order valence-electron chi connectivity index (χ1n) is 7.37. The van der Waals surface area contributed by atoms with E-state index in [-0.39, 0.29) is 0 Å². The Labute approximate surface area is 131 Å². The molecule has 3 rings (SSSR count). The number of halogens is 1.